The molecule has 0 unspecified atom stereocenters. The molecule has 5 aromatic rings. The van der Waals surface area contributed by atoms with E-state index in [0.29, 0.717) is 34.3 Å². The minimum atomic E-state index is -0.983. The van der Waals surface area contributed by atoms with E-state index in [1.54, 1.807) is 47.9 Å². The Balaban J connectivity index is 0.847. The number of pyridine rings is 1. The number of nitriles is 1. The molecule has 2 aliphatic rings. The van der Waals surface area contributed by atoms with Gasteiger partial charge >= 0.3 is 0 Å². The van der Waals surface area contributed by atoms with Gasteiger partial charge in [0.15, 0.2) is 0 Å². The Morgan fingerprint density at radius 3 is 2.23 bits per heavy atom. The number of carbonyl (C=O) groups excluding carboxylic acids is 4. The van der Waals surface area contributed by atoms with Crippen LogP contribution in [0.4, 0.5) is 5.82 Å². The van der Waals surface area contributed by atoms with Gasteiger partial charge < -0.3 is 40.7 Å². The molecule has 1 saturated carbocycles. The highest BCUT2D eigenvalue weighted by molar-refractivity contribution is 7.13. The van der Waals surface area contributed by atoms with Crippen molar-refractivity contribution in [2.45, 2.75) is 105 Å². The van der Waals surface area contributed by atoms with E-state index in [1.807, 2.05) is 76.2 Å². The van der Waals surface area contributed by atoms with E-state index in [4.69, 9.17) is 21.1 Å². The fourth-order valence-corrected chi connectivity index (χ4v) is 11.2. The molecule has 5 N–H and O–H groups in total. The molecule has 71 heavy (non-hydrogen) atoms. The van der Waals surface area contributed by atoms with Crippen molar-refractivity contribution in [3.05, 3.63) is 124 Å². The summed E-state index contributed by atoms with van der Waals surface area (Å²) in [7, 11) is 0. The fraction of sp³-hybridized carbons (Fsp3) is 0.418. The lowest BCUT2D eigenvalue weighted by atomic mass is 9.49. The number of hydrogen-bond donors (Lipinski definition) is 5. The van der Waals surface area contributed by atoms with Crippen LogP contribution >= 0.6 is 22.9 Å². The Labute approximate surface area is 425 Å². The van der Waals surface area contributed by atoms with Gasteiger partial charge in [-0.1, -0.05) is 96.5 Å². The van der Waals surface area contributed by atoms with Gasteiger partial charge in [0.2, 0.25) is 17.7 Å². The standard InChI is InChI=1S/C55H64ClN7O7S/c1-32-22-25-71-46(32)36-14-10-34(11-15-36)33(2)60-49(67)43-26-40(64)30-63(43)50(68)47(53(3,4)5)61-45(65)31-69-24-23-58-44-21-19-39(29-59-44)35-12-16-37(17-13-35)48(66)62-51-54(6,7)52(55(51,8)9)70-41-20-18-38(28-57)42(56)27-41/h10-22,25,27,29,33,40,43,47,51-52,64H,23-24,26,30-31H2,1-9H3,(H,58,59)(H,60,67)(H,61,65)(H,62,66)/t33-,40+,43-,47+,51-,52-/m0/s1. The second-order valence-corrected chi connectivity index (χ2v) is 22.2. The lowest BCUT2D eigenvalue weighted by Crippen LogP contribution is -2.74. The third-order valence-electron chi connectivity index (χ3n) is 13.6. The minimum Gasteiger partial charge on any atom is -0.489 e. The number of hydrogen-bond acceptors (Lipinski definition) is 11. The van der Waals surface area contributed by atoms with Gasteiger partial charge in [-0.15, -0.1) is 11.3 Å². The Kier molecular flexibility index (Phi) is 16.0. The number of thiophene rings is 1. The number of amides is 4. The van der Waals surface area contributed by atoms with Crippen LogP contribution < -0.4 is 26.0 Å². The SMILES string of the molecule is Cc1ccsc1-c1ccc([C@H](C)NC(=O)[C@@H]2C[C@@H](O)CN2C(=O)[C@@H](NC(=O)COCCNc2ccc(-c3ccc(C(=O)N[C@H]4C(C)(C)[C@H](Oc5ccc(C#N)c(Cl)c5)C4(C)C)cc3)cn2)C(C)(C)C)cc1. The van der Waals surface area contributed by atoms with Gasteiger partial charge in [0.05, 0.1) is 29.3 Å². The third kappa shape index (κ3) is 11.9. The zero-order valence-corrected chi connectivity index (χ0v) is 43.3. The van der Waals surface area contributed by atoms with Gasteiger partial charge in [-0.2, -0.15) is 5.26 Å². The van der Waals surface area contributed by atoms with Crippen molar-refractivity contribution in [3.63, 3.8) is 0 Å². The Bertz CT molecular complexity index is 2750. The summed E-state index contributed by atoms with van der Waals surface area (Å²) in [6.45, 7) is 17.9. The molecule has 4 atom stereocenters. The van der Waals surface area contributed by atoms with Gasteiger partial charge in [0.25, 0.3) is 5.91 Å². The number of likely N-dealkylation sites (tertiary alicyclic amines) is 1. The first-order valence-corrected chi connectivity index (χ1v) is 25.1. The highest BCUT2D eigenvalue weighted by Crippen LogP contribution is 2.55. The molecule has 0 spiro atoms. The van der Waals surface area contributed by atoms with E-state index < -0.39 is 46.2 Å². The predicted octanol–water partition coefficient (Wildman–Crippen LogP) is 8.72. The number of benzene rings is 3. The molecule has 3 heterocycles. The summed E-state index contributed by atoms with van der Waals surface area (Å²) >= 11 is 7.93. The number of rotatable bonds is 17. The quantitative estimate of drug-likeness (QED) is 0.0563. The number of anilines is 1. The number of aliphatic hydroxyl groups is 1. The largest absolute Gasteiger partial charge is 0.489 e. The van der Waals surface area contributed by atoms with Crippen LogP contribution in [0.5, 0.6) is 5.75 Å². The van der Waals surface area contributed by atoms with E-state index in [2.05, 4.69) is 78.4 Å². The monoisotopic (exact) mass is 1000 g/mol. The number of nitrogens with one attached hydrogen (secondary N) is 4. The maximum absolute atomic E-state index is 14.1. The number of β-amino-alcohol motifs (C(OH)–C–C–N with tert-alkyl or cyclic N) is 1. The first-order valence-electron chi connectivity index (χ1n) is 23.9. The molecule has 1 aliphatic carbocycles. The average Bonchev–Trinajstić information content (AvgIpc) is 3.96. The van der Waals surface area contributed by atoms with Crippen LogP contribution in [-0.4, -0.2) is 95.3 Å². The van der Waals surface area contributed by atoms with Gasteiger partial charge in [-0.05, 0) is 89.4 Å². The summed E-state index contributed by atoms with van der Waals surface area (Å²) in [5.41, 5.74) is 4.36. The van der Waals surface area contributed by atoms with Crippen molar-refractivity contribution in [3.8, 4) is 33.4 Å². The zero-order chi connectivity index (χ0) is 51.4. The fourth-order valence-electron chi connectivity index (χ4n) is 10.0. The van der Waals surface area contributed by atoms with E-state index in [-0.39, 0.29) is 56.2 Å². The molecule has 2 aromatic heterocycles. The zero-order valence-electron chi connectivity index (χ0n) is 41.8. The second-order valence-electron chi connectivity index (χ2n) is 20.8. The highest BCUT2D eigenvalue weighted by Gasteiger charge is 2.64. The van der Waals surface area contributed by atoms with E-state index in [0.717, 1.165) is 22.3 Å². The number of ether oxygens (including phenoxy) is 2. The van der Waals surface area contributed by atoms with Crippen molar-refractivity contribution in [1.82, 2.24) is 25.8 Å². The molecule has 7 rings (SSSR count). The van der Waals surface area contributed by atoms with Crippen LogP contribution in [0.15, 0.2) is 96.5 Å². The number of aryl methyl sites for hydroxylation is 1. The van der Waals surface area contributed by atoms with Gasteiger partial charge in [0.1, 0.15) is 42.4 Å². The molecule has 3 aromatic carbocycles. The van der Waals surface area contributed by atoms with Gasteiger partial charge in [-0.3, -0.25) is 19.2 Å². The van der Waals surface area contributed by atoms with Crippen LogP contribution in [0.2, 0.25) is 5.02 Å². The van der Waals surface area contributed by atoms with Crippen LogP contribution in [0.3, 0.4) is 0 Å². The predicted molar refractivity (Wildman–Crippen MR) is 277 cm³/mol. The van der Waals surface area contributed by atoms with Crippen molar-refractivity contribution < 1.29 is 33.8 Å². The summed E-state index contributed by atoms with van der Waals surface area (Å²) in [4.78, 5) is 61.6. The van der Waals surface area contributed by atoms with Gasteiger partial charge in [0, 0.05) is 64.6 Å². The van der Waals surface area contributed by atoms with Crippen LogP contribution in [-0.2, 0) is 19.1 Å². The molecule has 16 heteroatoms. The molecule has 0 bridgehead atoms. The van der Waals surface area contributed by atoms with Crippen molar-refractivity contribution in [2.24, 2.45) is 16.2 Å². The van der Waals surface area contributed by atoms with Crippen molar-refractivity contribution in [2.75, 3.05) is 31.6 Å². The molecule has 374 valence electrons. The van der Waals surface area contributed by atoms with Crippen LogP contribution in [0.25, 0.3) is 21.6 Å². The molecule has 2 fully saturated rings. The highest BCUT2D eigenvalue weighted by atomic mass is 35.5. The normalized spacial score (nSPS) is 19.9. The van der Waals surface area contributed by atoms with E-state index in [1.165, 1.54) is 15.3 Å². The van der Waals surface area contributed by atoms with E-state index >= 15 is 0 Å². The lowest BCUT2D eigenvalue weighted by molar-refractivity contribution is -0.164. The maximum Gasteiger partial charge on any atom is 0.251 e. The van der Waals surface area contributed by atoms with Gasteiger partial charge in [-0.25, -0.2) is 4.98 Å². The summed E-state index contributed by atoms with van der Waals surface area (Å²) in [6, 6.07) is 25.9. The second kappa shape index (κ2) is 21.6. The number of aliphatic hydroxyl groups excluding tert-OH is 1. The van der Waals surface area contributed by atoms with Crippen molar-refractivity contribution >= 4 is 52.4 Å². The van der Waals surface area contributed by atoms with E-state index in [9.17, 15) is 29.5 Å². The Morgan fingerprint density at radius 1 is 0.944 bits per heavy atom. The topological polar surface area (TPSA) is 195 Å². The number of halogens is 1. The Morgan fingerprint density at radius 2 is 1.62 bits per heavy atom. The number of nitrogens with zero attached hydrogens (tertiary/aromatic N) is 3. The number of aromatic nitrogens is 1. The summed E-state index contributed by atoms with van der Waals surface area (Å²) in [5.74, 6) is -0.315. The first kappa shape index (κ1) is 52.5. The molecular weight excluding hydrogens is 938 g/mol. The molecule has 14 nitrogen and oxygen atoms in total. The molecule has 0 radical (unpaired) electrons. The molecule has 4 amide bonds. The molecule has 1 aliphatic heterocycles. The Hall–Kier alpha value is -6.31. The first-order chi connectivity index (χ1) is 33.6. The minimum absolute atomic E-state index is 0.0258. The molecular formula is C55H64ClN7O7S. The van der Waals surface area contributed by atoms with Crippen LogP contribution in [0.1, 0.15) is 94.9 Å². The average molecular weight is 1000 g/mol. The maximum atomic E-state index is 14.1. The summed E-state index contributed by atoms with van der Waals surface area (Å²) < 4.78 is 12.0. The number of carbonyl (C=O) groups is 4. The summed E-state index contributed by atoms with van der Waals surface area (Å²) in [5, 5.41) is 34.6. The van der Waals surface area contributed by atoms with Crippen LogP contribution in [0, 0.1) is 34.5 Å². The van der Waals surface area contributed by atoms with Crippen molar-refractivity contribution in [1.29, 1.82) is 5.26 Å². The summed E-state index contributed by atoms with van der Waals surface area (Å²) in [6.07, 6.45) is 0.715. The smallest absolute Gasteiger partial charge is 0.251 e. The molecule has 1 saturated heterocycles. The lowest BCUT2D eigenvalue weighted by Gasteiger charge is -2.63. The third-order valence-corrected chi connectivity index (χ3v) is 15.0.